The van der Waals surface area contributed by atoms with Gasteiger partial charge in [0, 0.05) is 42.9 Å². The summed E-state index contributed by atoms with van der Waals surface area (Å²) in [7, 11) is 4.30. The van der Waals surface area contributed by atoms with E-state index in [1.165, 1.54) is 27.6 Å². The Labute approximate surface area is 185 Å². The van der Waals surface area contributed by atoms with Gasteiger partial charge in [0.05, 0.1) is 27.6 Å². The van der Waals surface area contributed by atoms with E-state index in [-0.39, 0.29) is 0 Å². The minimum Gasteiger partial charge on any atom is -0.331 e. The Morgan fingerprint density at radius 3 is 2.03 bits per heavy atom. The molecule has 0 amide bonds. The van der Waals surface area contributed by atoms with E-state index >= 15 is 0 Å². The summed E-state index contributed by atoms with van der Waals surface area (Å²) in [5, 5.41) is 3.59. The highest BCUT2D eigenvalue weighted by molar-refractivity contribution is 6.04. The summed E-state index contributed by atoms with van der Waals surface area (Å²) in [6.07, 6.45) is 4.13. The van der Waals surface area contributed by atoms with Crippen molar-refractivity contribution in [2.24, 2.45) is 14.1 Å². The van der Waals surface area contributed by atoms with E-state index < -0.39 is 0 Å². The first-order chi connectivity index (χ1) is 15.7. The van der Waals surface area contributed by atoms with Gasteiger partial charge >= 0.3 is 0 Å². The maximum atomic E-state index is 5.19. The summed E-state index contributed by atoms with van der Waals surface area (Å²) < 4.78 is 4.57. The summed E-state index contributed by atoms with van der Waals surface area (Å²) in [4.78, 5) is 14.9. The van der Waals surface area contributed by atoms with Crippen molar-refractivity contribution in [2.45, 2.75) is 24.7 Å². The summed E-state index contributed by atoms with van der Waals surface area (Å²) >= 11 is 0. The fourth-order valence-electron chi connectivity index (χ4n) is 5.55. The Balaban J connectivity index is 1.37. The molecule has 5 nitrogen and oxygen atoms in total. The number of benzene rings is 3. The second-order valence-electron chi connectivity index (χ2n) is 9.01. The summed E-state index contributed by atoms with van der Waals surface area (Å²) in [6.45, 7) is 0. The molecule has 156 valence electrons. The molecule has 1 saturated carbocycles. The number of hydrogen-bond acceptors (Lipinski definition) is 3. The Kier molecular flexibility index (Phi) is 3.57. The fraction of sp³-hybridized carbons (Fsp3) is 0.222. The Hall–Kier alpha value is -3.73. The SMILES string of the molecule is Cn1c(C2CCC2c2nc3c4cccnc4ccc3n2C)nc2c3ccccc3ccc21. The van der Waals surface area contributed by atoms with Gasteiger partial charge in [-0.2, -0.15) is 0 Å². The van der Waals surface area contributed by atoms with Crippen LogP contribution < -0.4 is 0 Å². The lowest BCUT2D eigenvalue weighted by molar-refractivity contribution is 0.310. The van der Waals surface area contributed by atoms with Gasteiger partial charge in [-0.1, -0.05) is 30.3 Å². The van der Waals surface area contributed by atoms with Crippen molar-refractivity contribution < 1.29 is 0 Å². The van der Waals surface area contributed by atoms with Crippen molar-refractivity contribution in [3.05, 3.63) is 78.5 Å². The van der Waals surface area contributed by atoms with Gasteiger partial charge in [0.1, 0.15) is 11.6 Å². The summed E-state index contributed by atoms with van der Waals surface area (Å²) in [5.74, 6) is 3.09. The van der Waals surface area contributed by atoms with Crippen molar-refractivity contribution in [2.75, 3.05) is 0 Å². The summed E-state index contributed by atoms with van der Waals surface area (Å²) in [5.41, 5.74) is 5.52. The van der Waals surface area contributed by atoms with Crippen molar-refractivity contribution in [1.82, 2.24) is 24.1 Å². The van der Waals surface area contributed by atoms with Crippen LogP contribution in [0.2, 0.25) is 0 Å². The molecule has 5 heteroatoms. The monoisotopic (exact) mass is 417 g/mol. The van der Waals surface area contributed by atoms with Gasteiger partial charge in [0.25, 0.3) is 0 Å². The number of imidazole rings is 2. The number of aromatic nitrogens is 5. The number of rotatable bonds is 2. The average molecular weight is 418 g/mol. The average Bonchev–Trinajstić information content (AvgIpc) is 3.31. The number of hydrogen-bond donors (Lipinski definition) is 0. The van der Waals surface area contributed by atoms with Crippen molar-refractivity contribution in [1.29, 1.82) is 0 Å². The van der Waals surface area contributed by atoms with Crippen molar-refractivity contribution >= 4 is 43.7 Å². The molecule has 1 aliphatic carbocycles. The van der Waals surface area contributed by atoms with Gasteiger partial charge in [-0.05, 0) is 48.6 Å². The number of pyridine rings is 1. The molecule has 1 fully saturated rings. The van der Waals surface area contributed by atoms with E-state index in [0.717, 1.165) is 40.6 Å². The van der Waals surface area contributed by atoms with Crippen LogP contribution in [0, 0.1) is 0 Å². The van der Waals surface area contributed by atoms with Crippen LogP contribution in [-0.2, 0) is 14.1 Å². The molecule has 0 saturated heterocycles. The van der Waals surface area contributed by atoms with Crippen molar-refractivity contribution in [3.8, 4) is 0 Å². The third-order valence-electron chi connectivity index (χ3n) is 7.42. The number of fused-ring (bicyclic) bond motifs is 6. The third kappa shape index (κ3) is 2.31. The predicted molar refractivity (Wildman–Crippen MR) is 129 cm³/mol. The first-order valence-corrected chi connectivity index (χ1v) is 11.2. The largest absolute Gasteiger partial charge is 0.331 e. The maximum absolute atomic E-state index is 5.19. The lowest BCUT2D eigenvalue weighted by Crippen LogP contribution is -2.26. The van der Waals surface area contributed by atoms with Crippen LogP contribution in [0.15, 0.2) is 66.9 Å². The van der Waals surface area contributed by atoms with Crippen molar-refractivity contribution in [3.63, 3.8) is 0 Å². The Morgan fingerprint density at radius 2 is 1.31 bits per heavy atom. The van der Waals surface area contributed by atoms with Crippen LogP contribution in [0.25, 0.3) is 43.7 Å². The Morgan fingerprint density at radius 1 is 0.688 bits per heavy atom. The topological polar surface area (TPSA) is 48.5 Å². The molecule has 1 aliphatic rings. The minimum atomic E-state index is 0.376. The second-order valence-corrected chi connectivity index (χ2v) is 9.01. The van der Waals surface area contributed by atoms with Gasteiger partial charge in [0.2, 0.25) is 0 Å². The highest BCUT2D eigenvalue weighted by atomic mass is 15.1. The Bertz CT molecular complexity index is 1550. The van der Waals surface area contributed by atoms with Crippen LogP contribution in [0.3, 0.4) is 0 Å². The highest BCUT2D eigenvalue weighted by Crippen LogP contribution is 2.49. The molecular weight excluding hydrogens is 394 g/mol. The molecule has 0 aliphatic heterocycles. The predicted octanol–water partition coefficient (Wildman–Crippen LogP) is 5.82. The molecule has 3 aromatic carbocycles. The van der Waals surface area contributed by atoms with E-state index in [2.05, 4.69) is 82.8 Å². The van der Waals surface area contributed by atoms with Gasteiger partial charge < -0.3 is 9.13 Å². The zero-order valence-electron chi connectivity index (χ0n) is 18.2. The zero-order chi connectivity index (χ0) is 21.4. The molecule has 32 heavy (non-hydrogen) atoms. The van der Waals surface area contributed by atoms with E-state index in [1.807, 2.05) is 12.3 Å². The van der Waals surface area contributed by atoms with E-state index in [0.29, 0.717) is 11.8 Å². The number of aryl methyl sites for hydroxylation is 2. The first-order valence-electron chi connectivity index (χ1n) is 11.2. The molecule has 0 radical (unpaired) electrons. The molecule has 2 unspecified atom stereocenters. The molecule has 6 aromatic rings. The summed E-state index contributed by atoms with van der Waals surface area (Å²) in [6, 6.07) is 21.3. The lowest BCUT2D eigenvalue weighted by Gasteiger charge is -2.35. The van der Waals surface area contributed by atoms with Crippen LogP contribution in [0.4, 0.5) is 0 Å². The molecule has 0 bridgehead atoms. The van der Waals surface area contributed by atoms with Gasteiger partial charge in [-0.15, -0.1) is 0 Å². The maximum Gasteiger partial charge on any atom is 0.113 e. The van der Waals surface area contributed by atoms with Gasteiger partial charge in [-0.3, -0.25) is 4.98 Å². The molecule has 7 rings (SSSR count). The van der Waals surface area contributed by atoms with Gasteiger partial charge in [0.15, 0.2) is 0 Å². The lowest BCUT2D eigenvalue weighted by atomic mass is 9.72. The molecular formula is C27H23N5. The minimum absolute atomic E-state index is 0.376. The molecule has 3 aromatic heterocycles. The standard InChI is InChI=1S/C27H23N5/c1-31-22-13-9-16-6-3-4-7-17(16)24(22)29-26(31)18-10-11-19(18)27-30-25-20-8-5-15-28-21(20)12-14-23(25)32(27)2/h3-9,12-15,18-19H,10-11H2,1-2H3. The van der Waals surface area contributed by atoms with Crippen LogP contribution >= 0.6 is 0 Å². The van der Waals surface area contributed by atoms with E-state index in [1.54, 1.807) is 0 Å². The first kappa shape index (κ1) is 17.9. The fourth-order valence-corrected chi connectivity index (χ4v) is 5.55. The highest BCUT2D eigenvalue weighted by Gasteiger charge is 2.39. The van der Waals surface area contributed by atoms with Crippen LogP contribution in [0.1, 0.15) is 36.3 Å². The number of nitrogens with zero attached hydrogens (tertiary/aromatic N) is 5. The molecule has 3 heterocycles. The quantitative estimate of drug-likeness (QED) is 0.356. The van der Waals surface area contributed by atoms with Crippen LogP contribution in [-0.4, -0.2) is 24.1 Å². The van der Waals surface area contributed by atoms with Crippen LogP contribution in [0.5, 0.6) is 0 Å². The third-order valence-corrected chi connectivity index (χ3v) is 7.42. The normalized spacial score (nSPS) is 18.7. The molecule has 0 N–H and O–H groups in total. The molecule has 2 atom stereocenters. The second kappa shape index (κ2) is 6.39. The van der Waals surface area contributed by atoms with E-state index in [9.17, 15) is 0 Å². The van der Waals surface area contributed by atoms with E-state index in [4.69, 9.17) is 9.97 Å². The molecule has 0 spiro atoms. The zero-order valence-corrected chi connectivity index (χ0v) is 18.2. The van der Waals surface area contributed by atoms with Gasteiger partial charge in [-0.25, -0.2) is 9.97 Å². The smallest absolute Gasteiger partial charge is 0.113 e.